The average Bonchev–Trinajstić information content (AvgIpc) is 3.07. The lowest BCUT2D eigenvalue weighted by atomic mass is 9.83. The van der Waals surface area contributed by atoms with Crippen LogP contribution in [0, 0.1) is 23.2 Å². The van der Waals surface area contributed by atoms with Crippen molar-refractivity contribution in [1.29, 1.82) is 5.26 Å². The number of fused-ring (bicyclic) bond motifs is 1. The van der Waals surface area contributed by atoms with Gasteiger partial charge >= 0.3 is 0 Å². The van der Waals surface area contributed by atoms with E-state index in [1.165, 1.54) is 12.1 Å². The standard InChI is InChI=1S/C19H26N6O3S/c20-11-12-3-1-2-4-15(12)25-16-9-10-22-19(26)17(16)18(24-25)23-13-5-7-14(8-6-13)29(21,27)28/h5-8,12,15-18,23-24H,1-4,9-10H2,(H,22,26)(H2,21,27,28)/t12-,15+,16?,17?,18?/m1/s1. The van der Waals surface area contributed by atoms with Gasteiger partial charge in [-0.1, -0.05) is 12.8 Å². The number of piperidine rings is 1. The van der Waals surface area contributed by atoms with E-state index in [1.807, 2.05) is 0 Å². The van der Waals surface area contributed by atoms with Gasteiger partial charge in [-0.15, -0.1) is 0 Å². The molecule has 0 spiro atoms. The number of nitrogens with two attached hydrogens (primary N) is 1. The Kier molecular flexibility index (Phi) is 5.48. The summed E-state index contributed by atoms with van der Waals surface area (Å²) in [6.45, 7) is 0.623. The maximum atomic E-state index is 12.7. The zero-order valence-electron chi connectivity index (χ0n) is 16.0. The first-order valence-corrected chi connectivity index (χ1v) is 11.5. The SMILES string of the molecule is N#C[C@H]1CCCC[C@@H]1N1NC(Nc2ccc(S(N)(=O)=O)cc2)C2C(=O)NCCC21. The number of hydrogen-bond donors (Lipinski definition) is 4. The quantitative estimate of drug-likeness (QED) is 0.557. The van der Waals surface area contributed by atoms with Crippen LogP contribution in [-0.4, -0.2) is 44.1 Å². The van der Waals surface area contributed by atoms with Crippen LogP contribution in [0.2, 0.25) is 0 Å². The van der Waals surface area contributed by atoms with Crippen molar-refractivity contribution in [2.24, 2.45) is 17.0 Å². The number of primary sulfonamides is 1. The van der Waals surface area contributed by atoms with E-state index in [4.69, 9.17) is 5.14 Å². The van der Waals surface area contributed by atoms with Gasteiger partial charge in [0.25, 0.3) is 0 Å². The highest BCUT2D eigenvalue weighted by molar-refractivity contribution is 7.89. The van der Waals surface area contributed by atoms with Crippen LogP contribution in [0.25, 0.3) is 0 Å². The first-order chi connectivity index (χ1) is 13.9. The van der Waals surface area contributed by atoms with Gasteiger partial charge in [0.2, 0.25) is 15.9 Å². The van der Waals surface area contributed by atoms with Gasteiger partial charge in [-0.05, 0) is 43.5 Å². The third-order valence-electron chi connectivity index (χ3n) is 6.22. The zero-order chi connectivity index (χ0) is 20.6. The lowest BCUT2D eigenvalue weighted by molar-refractivity contribution is -0.128. The van der Waals surface area contributed by atoms with Crippen molar-refractivity contribution in [2.75, 3.05) is 11.9 Å². The lowest BCUT2D eigenvalue weighted by Gasteiger charge is -2.39. The van der Waals surface area contributed by atoms with E-state index in [2.05, 4.69) is 27.1 Å². The number of benzene rings is 1. The number of nitrogens with zero attached hydrogens (tertiary/aromatic N) is 2. The summed E-state index contributed by atoms with van der Waals surface area (Å²) in [4.78, 5) is 12.7. The van der Waals surface area contributed by atoms with Crippen molar-refractivity contribution < 1.29 is 13.2 Å². The van der Waals surface area contributed by atoms with E-state index in [0.717, 1.165) is 32.1 Å². The molecule has 9 nitrogen and oxygen atoms in total. The molecule has 29 heavy (non-hydrogen) atoms. The Balaban J connectivity index is 1.56. The normalized spacial score (nSPS) is 32.8. The van der Waals surface area contributed by atoms with E-state index >= 15 is 0 Å². The van der Waals surface area contributed by atoms with E-state index in [0.29, 0.717) is 12.2 Å². The van der Waals surface area contributed by atoms with E-state index in [9.17, 15) is 18.5 Å². The van der Waals surface area contributed by atoms with Crippen molar-refractivity contribution in [2.45, 2.75) is 55.2 Å². The van der Waals surface area contributed by atoms with Gasteiger partial charge < -0.3 is 10.6 Å². The fourth-order valence-electron chi connectivity index (χ4n) is 4.82. The van der Waals surface area contributed by atoms with Crippen LogP contribution in [0.1, 0.15) is 32.1 Å². The number of amides is 1. The first-order valence-electron chi connectivity index (χ1n) is 10.00. The summed E-state index contributed by atoms with van der Waals surface area (Å²) in [6.07, 6.45) is 4.44. The molecular formula is C19H26N6O3S. The highest BCUT2D eigenvalue weighted by Gasteiger charge is 2.51. The minimum Gasteiger partial charge on any atom is -0.368 e. The van der Waals surface area contributed by atoms with Crippen molar-refractivity contribution in [3.63, 3.8) is 0 Å². The van der Waals surface area contributed by atoms with Crippen molar-refractivity contribution in [3.8, 4) is 6.07 Å². The summed E-state index contributed by atoms with van der Waals surface area (Å²) in [5, 5.41) is 23.2. The largest absolute Gasteiger partial charge is 0.368 e. The molecule has 0 bridgehead atoms. The molecule has 1 aromatic carbocycles. The lowest BCUT2D eigenvalue weighted by Crippen LogP contribution is -2.54. The van der Waals surface area contributed by atoms with Crippen molar-refractivity contribution >= 4 is 21.6 Å². The molecule has 4 rings (SSSR count). The summed E-state index contributed by atoms with van der Waals surface area (Å²) >= 11 is 0. The third-order valence-corrected chi connectivity index (χ3v) is 7.15. The minimum absolute atomic E-state index is 0.0146. The molecule has 1 aliphatic carbocycles. The van der Waals surface area contributed by atoms with Crippen LogP contribution in [0.15, 0.2) is 29.2 Å². The Hall–Kier alpha value is -2.19. The van der Waals surface area contributed by atoms with E-state index in [1.54, 1.807) is 12.1 Å². The topological polar surface area (TPSA) is 140 Å². The third kappa shape index (κ3) is 3.96. The predicted octanol–water partition coefficient (Wildman–Crippen LogP) is 0.479. The Labute approximate surface area is 170 Å². The van der Waals surface area contributed by atoms with Gasteiger partial charge in [-0.25, -0.2) is 24.0 Å². The first kappa shape index (κ1) is 20.1. The molecule has 3 fully saturated rings. The fraction of sp³-hybridized carbons (Fsp3) is 0.579. The molecule has 0 radical (unpaired) electrons. The van der Waals surface area contributed by atoms with Crippen LogP contribution in [0.3, 0.4) is 0 Å². The molecule has 5 N–H and O–H groups in total. The van der Waals surface area contributed by atoms with Crippen LogP contribution in [0.4, 0.5) is 5.69 Å². The zero-order valence-corrected chi connectivity index (χ0v) is 16.9. The van der Waals surface area contributed by atoms with Crippen LogP contribution >= 0.6 is 0 Å². The molecule has 3 unspecified atom stereocenters. The number of carbonyl (C=O) groups is 1. The van der Waals surface area contributed by atoms with Crippen LogP contribution < -0.4 is 21.2 Å². The number of carbonyl (C=O) groups excluding carboxylic acids is 1. The van der Waals surface area contributed by atoms with Gasteiger partial charge in [-0.3, -0.25) is 4.79 Å². The molecule has 10 heteroatoms. The second-order valence-corrected chi connectivity index (χ2v) is 9.55. The molecule has 3 aliphatic rings. The molecule has 156 valence electrons. The number of nitrogens with one attached hydrogen (secondary N) is 3. The highest BCUT2D eigenvalue weighted by Crippen LogP contribution is 2.36. The Morgan fingerprint density at radius 1 is 1.14 bits per heavy atom. The van der Waals surface area contributed by atoms with Gasteiger partial charge in [-0.2, -0.15) is 5.26 Å². The van der Waals surface area contributed by atoms with E-state index < -0.39 is 10.0 Å². The highest BCUT2D eigenvalue weighted by atomic mass is 32.2. The number of sulfonamides is 1. The molecule has 2 aliphatic heterocycles. The summed E-state index contributed by atoms with van der Waals surface area (Å²) in [7, 11) is -3.75. The summed E-state index contributed by atoms with van der Waals surface area (Å²) < 4.78 is 22.9. The average molecular weight is 419 g/mol. The Bertz CT molecular complexity index is 913. The monoisotopic (exact) mass is 418 g/mol. The second kappa shape index (κ2) is 7.91. The van der Waals surface area contributed by atoms with Crippen molar-refractivity contribution in [3.05, 3.63) is 24.3 Å². The van der Waals surface area contributed by atoms with Crippen LogP contribution in [-0.2, 0) is 14.8 Å². The Morgan fingerprint density at radius 3 is 2.55 bits per heavy atom. The van der Waals surface area contributed by atoms with Gasteiger partial charge in [0.15, 0.2) is 0 Å². The summed E-state index contributed by atoms with van der Waals surface area (Å²) in [6, 6.07) is 8.71. The summed E-state index contributed by atoms with van der Waals surface area (Å²) in [5.74, 6) is -0.364. The molecule has 2 heterocycles. The van der Waals surface area contributed by atoms with Crippen molar-refractivity contribution in [1.82, 2.24) is 15.8 Å². The second-order valence-electron chi connectivity index (χ2n) is 7.99. The Morgan fingerprint density at radius 2 is 1.86 bits per heavy atom. The molecule has 1 amide bonds. The van der Waals surface area contributed by atoms with Gasteiger partial charge in [0.05, 0.1) is 22.8 Å². The number of anilines is 1. The minimum atomic E-state index is -3.75. The maximum absolute atomic E-state index is 12.7. The van der Waals surface area contributed by atoms with Gasteiger partial charge in [0.1, 0.15) is 6.17 Å². The number of nitriles is 1. The number of hydrogen-bond acceptors (Lipinski definition) is 7. The molecule has 2 saturated heterocycles. The molecule has 0 aromatic heterocycles. The fourth-order valence-corrected chi connectivity index (χ4v) is 5.33. The molecular weight excluding hydrogens is 392 g/mol. The van der Waals surface area contributed by atoms with Crippen LogP contribution in [0.5, 0.6) is 0 Å². The predicted molar refractivity (Wildman–Crippen MR) is 106 cm³/mol. The number of hydrazine groups is 1. The van der Waals surface area contributed by atoms with Gasteiger partial charge in [0, 0.05) is 24.3 Å². The molecule has 1 aromatic rings. The number of rotatable bonds is 4. The molecule has 5 atom stereocenters. The summed E-state index contributed by atoms with van der Waals surface area (Å²) in [5.41, 5.74) is 4.15. The molecule has 1 saturated carbocycles. The maximum Gasteiger partial charge on any atom is 0.238 e. The smallest absolute Gasteiger partial charge is 0.238 e. The van der Waals surface area contributed by atoms with E-state index in [-0.39, 0.29) is 40.9 Å².